The predicted octanol–water partition coefficient (Wildman–Crippen LogP) is -0.162. The van der Waals surface area contributed by atoms with E-state index in [1.807, 2.05) is 0 Å². The summed E-state index contributed by atoms with van der Waals surface area (Å²) >= 11 is 0. The number of ether oxygens (including phenoxy) is 1. The van der Waals surface area contributed by atoms with Gasteiger partial charge in [0, 0.05) is 13.5 Å². The van der Waals surface area contributed by atoms with Gasteiger partial charge in [-0.05, 0) is 19.4 Å². The van der Waals surface area contributed by atoms with Crippen LogP contribution in [0.4, 0.5) is 0 Å². The number of methoxy groups -OCH3 is 1. The fourth-order valence-corrected chi connectivity index (χ4v) is 1.08. The van der Waals surface area contributed by atoms with Gasteiger partial charge in [-0.25, -0.2) is 0 Å². The van der Waals surface area contributed by atoms with Crippen molar-refractivity contribution in [3.63, 3.8) is 0 Å². The molecule has 0 aliphatic carbocycles. The van der Waals surface area contributed by atoms with Crippen molar-refractivity contribution in [2.24, 2.45) is 0 Å². The molecule has 0 aromatic carbocycles. The Morgan fingerprint density at radius 1 is 1.50 bits per heavy atom. The average Bonchev–Trinajstić information content (AvgIpc) is 2.15. The molecule has 0 rings (SSSR count). The summed E-state index contributed by atoms with van der Waals surface area (Å²) in [4.78, 5) is 10.2. The van der Waals surface area contributed by atoms with Crippen molar-refractivity contribution in [2.75, 3.05) is 26.9 Å². The van der Waals surface area contributed by atoms with E-state index in [1.54, 1.807) is 7.11 Å². The number of unbranched alkanes of at least 4 members (excludes halogenated alkanes) is 1. The van der Waals surface area contributed by atoms with Gasteiger partial charge in [0.25, 0.3) is 0 Å². The highest BCUT2D eigenvalue weighted by molar-refractivity contribution is 5.66. The summed E-state index contributed by atoms with van der Waals surface area (Å²) in [6, 6.07) is -0.0511. The summed E-state index contributed by atoms with van der Waals surface area (Å²) < 4.78 is 4.87. The smallest absolute Gasteiger partial charge is 0.303 e. The van der Waals surface area contributed by atoms with E-state index < -0.39 is 5.97 Å². The number of carboxylic acids is 1. The maximum Gasteiger partial charge on any atom is 0.303 e. The van der Waals surface area contributed by atoms with Gasteiger partial charge in [0.2, 0.25) is 0 Å². The van der Waals surface area contributed by atoms with Crippen LogP contribution in [0.25, 0.3) is 0 Å². The molecule has 5 heteroatoms. The Hall–Kier alpha value is -0.650. The van der Waals surface area contributed by atoms with Crippen molar-refractivity contribution in [2.45, 2.75) is 25.3 Å². The normalized spacial score (nSPS) is 12.7. The van der Waals surface area contributed by atoms with E-state index in [0.29, 0.717) is 19.6 Å². The van der Waals surface area contributed by atoms with Crippen molar-refractivity contribution < 1.29 is 19.7 Å². The highest BCUT2D eigenvalue weighted by Gasteiger charge is 2.04. The van der Waals surface area contributed by atoms with E-state index >= 15 is 0 Å². The second-order valence-electron chi connectivity index (χ2n) is 3.14. The molecule has 1 atom stereocenters. The number of aliphatic hydroxyl groups excluding tert-OH is 1. The second-order valence-corrected chi connectivity index (χ2v) is 3.14. The van der Waals surface area contributed by atoms with Crippen molar-refractivity contribution in [1.29, 1.82) is 0 Å². The molecule has 0 saturated carbocycles. The van der Waals surface area contributed by atoms with Gasteiger partial charge in [0.1, 0.15) is 0 Å². The third-order valence-corrected chi connectivity index (χ3v) is 1.84. The first-order valence-corrected chi connectivity index (χ1v) is 4.75. The Bertz CT molecular complexity index is 152. The number of aliphatic hydroxyl groups is 1. The quantitative estimate of drug-likeness (QED) is 0.456. The van der Waals surface area contributed by atoms with Crippen LogP contribution in [0.3, 0.4) is 0 Å². The maximum atomic E-state index is 10.2. The lowest BCUT2D eigenvalue weighted by atomic mass is 10.2. The van der Waals surface area contributed by atoms with Gasteiger partial charge in [-0.15, -0.1) is 0 Å². The second kappa shape index (κ2) is 8.93. The summed E-state index contributed by atoms with van der Waals surface area (Å²) in [6.07, 6.45) is 1.66. The largest absolute Gasteiger partial charge is 0.481 e. The predicted molar refractivity (Wildman–Crippen MR) is 52.2 cm³/mol. The molecule has 0 aliphatic heterocycles. The van der Waals surface area contributed by atoms with Crippen molar-refractivity contribution in [3.05, 3.63) is 0 Å². The minimum atomic E-state index is -0.763. The maximum absolute atomic E-state index is 10.2. The molecule has 0 heterocycles. The molecule has 0 saturated heterocycles. The monoisotopic (exact) mass is 205 g/mol. The number of aliphatic carboxylic acids is 1. The first-order chi connectivity index (χ1) is 6.70. The average molecular weight is 205 g/mol. The third kappa shape index (κ3) is 7.97. The molecule has 84 valence electrons. The van der Waals surface area contributed by atoms with E-state index in [-0.39, 0.29) is 19.1 Å². The van der Waals surface area contributed by atoms with E-state index in [2.05, 4.69) is 5.32 Å². The van der Waals surface area contributed by atoms with Crippen LogP contribution in [-0.2, 0) is 9.53 Å². The summed E-state index contributed by atoms with van der Waals surface area (Å²) in [5.41, 5.74) is 0. The molecule has 5 nitrogen and oxygen atoms in total. The molecule has 0 radical (unpaired) electrons. The van der Waals surface area contributed by atoms with Crippen LogP contribution < -0.4 is 5.32 Å². The summed E-state index contributed by atoms with van der Waals surface area (Å²) in [7, 11) is 1.58. The van der Waals surface area contributed by atoms with Gasteiger partial charge in [0.05, 0.1) is 19.3 Å². The van der Waals surface area contributed by atoms with Crippen LogP contribution in [0.1, 0.15) is 19.3 Å². The Morgan fingerprint density at radius 2 is 2.21 bits per heavy atom. The molecule has 0 bridgehead atoms. The van der Waals surface area contributed by atoms with Crippen LogP contribution in [-0.4, -0.2) is 49.1 Å². The van der Waals surface area contributed by atoms with Gasteiger partial charge in [-0.3, -0.25) is 4.79 Å². The van der Waals surface area contributed by atoms with Crippen LogP contribution in [0.15, 0.2) is 0 Å². The van der Waals surface area contributed by atoms with Gasteiger partial charge in [-0.1, -0.05) is 0 Å². The van der Waals surface area contributed by atoms with Crippen LogP contribution in [0.2, 0.25) is 0 Å². The summed E-state index contributed by atoms with van der Waals surface area (Å²) in [6.45, 7) is 1.21. The number of carbonyl (C=O) groups is 1. The standard InChI is InChI=1S/C9H19NO4/c1-14-7-8(6-11)10-5-3-2-4-9(12)13/h8,10-11H,2-7H2,1H3,(H,12,13). The fourth-order valence-electron chi connectivity index (χ4n) is 1.08. The minimum absolute atomic E-state index is 0.0345. The van der Waals surface area contributed by atoms with Crippen LogP contribution >= 0.6 is 0 Å². The highest BCUT2D eigenvalue weighted by atomic mass is 16.5. The summed E-state index contributed by atoms with van der Waals surface area (Å²) in [5, 5.41) is 20.3. The lowest BCUT2D eigenvalue weighted by Crippen LogP contribution is -2.37. The Labute approximate surface area is 84.1 Å². The molecule has 0 spiro atoms. The van der Waals surface area contributed by atoms with E-state index in [4.69, 9.17) is 14.9 Å². The SMILES string of the molecule is COCC(CO)NCCCCC(=O)O. The molecule has 0 fully saturated rings. The van der Waals surface area contributed by atoms with Gasteiger partial charge in [-0.2, -0.15) is 0 Å². The van der Waals surface area contributed by atoms with Gasteiger partial charge >= 0.3 is 5.97 Å². The topological polar surface area (TPSA) is 78.8 Å². The minimum Gasteiger partial charge on any atom is -0.481 e. The van der Waals surface area contributed by atoms with E-state index in [9.17, 15) is 4.79 Å². The van der Waals surface area contributed by atoms with Crippen molar-refractivity contribution >= 4 is 5.97 Å². The van der Waals surface area contributed by atoms with Crippen LogP contribution in [0, 0.1) is 0 Å². The Morgan fingerprint density at radius 3 is 2.71 bits per heavy atom. The number of carboxylic acid groups (broad SMARTS) is 1. The van der Waals surface area contributed by atoms with Crippen molar-refractivity contribution in [3.8, 4) is 0 Å². The molecule has 0 aliphatic rings. The van der Waals surface area contributed by atoms with Gasteiger partial charge < -0.3 is 20.3 Å². The molecule has 0 amide bonds. The molecular weight excluding hydrogens is 186 g/mol. The van der Waals surface area contributed by atoms with Crippen LogP contribution in [0.5, 0.6) is 0 Å². The molecular formula is C9H19NO4. The fraction of sp³-hybridized carbons (Fsp3) is 0.889. The summed E-state index contributed by atoms with van der Waals surface area (Å²) in [5.74, 6) is -0.763. The lowest BCUT2D eigenvalue weighted by Gasteiger charge is -2.14. The zero-order valence-corrected chi connectivity index (χ0v) is 8.53. The lowest BCUT2D eigenvalue weighted by molar-refractivity contribution is -0.137. The third-order valence-electron chi connectivity index (χ3n) is 1.84. The van der Waals surface area contributed by atoms with Crippen molar-refractivity contribution in [1.82, 2.24) is 5.32 Å². The Balaban J connectivity index is 3.28. The number of hydrogen-bond acceptors (Lipinski definition) is 4. The Kier molecular flexibility index (Phi) is 8.51. The zero-order valence-electron chi connectivity index (χ0n) is 8.53. The molecule has 0 aromatic heterocycles. The van der Waals surface area contributed by atoms with E-state index in [0.717, 1.165) is 6.42 Å². The number of nitrogens with one attached hydrogen (secondary N) is 1. The first kappa shape index (κ1) is 13.4. The van der Waals surface area contributed by atoms with Gasteiger partial charge in [0.15, 0.2) is 0 Å². The molecule has 14 heavy (non-hydrogen) atoms. The highest BCUT2D eigenvalue weighted by Crippen LogP contribution is 1.94. The number of rotatable bonds is 9. The first-order valence-electron chi connectivity index (χ1n) is 4.75. The molecule has 3 N–H and O–H groups in total. The molecule has 0 aromatic rings. The zero-order chi connectivity index (χ0) is 10.8. The number of hydrogen-bond donors (Lipinski definition) is 3. The molecule has 1 unspecified atom stereocenters. The van der Waals surface area contributed by atoms with E-state index in [1.165, 1.54) is 0 Å².